The van der Waals surface area contributed by atoms with Gasteiger partial charge < -0.3 is 9.84 Å². The first-order valence-electron chi connectivity index (χ1n) is 10.1. The summed E-state index contributed by atoms with van der Waals surface area (Å²) >= 11 is 1.44. The summed E-state index contributed by atoms with van der Waals surface area (Å²) in [6.07, 6.45) is 0. The number of ketones is 1. The molecule has 2 heterocycles. The Labute approximate surface area is 185 Å². The molecule has 0 bridgehead atoms. The van der Waals surface area contributed by atoms with Crippen LogP contribution in [0.3, 0.4) is 0 Å². The number of aryl methyl sites for hydroxylation is 2. The van der Waals surface area contributed by atoms with Gasteiger partial charge in [-0.25, -0.2) is 0 Å². The number of ether oxygens (including phenoxy) is 1. The van der Waals surface area contributed by atoms with Crippen molar-refractivity contribution in [2.75, 3.05) is 11.5 Å². The van der Waals surface area contributed by atoms with Crippen LogP contribution in [0.4, 0.5) is 5.69 Å². The number of amides is 1. The molecule has 4 rings (SSSR count). The molecule has 0 spiro atoms. The van der Waals surface area contributed by atoms with Crippen LogP contribution in [0.2, 0.25) is 0 Å². The van der Waals surface area contributed by atoms with Crippen molar-refractivity contribution in [3.63, 3.8) is 0 Å². The quantitative estimate of drug-likeness (QED) is 0.333. The molecule has 1 N–H and O–H groups in total. The van der Waals surface area contributed by atoms with E-state index < -0.39 is 17.7 Å². The summed E-state index contributed by atoms with van der Waals surface area (Å²) in [5, 5.41) is 13.0. The van der Waals surface area contributed by atoms with Gasteiger partial charge in [0.2, 0.25) is 0 Å². The molecule has 1 fully saturated rings. The number of thiophene rings is 1. The summed E-state index contributed by atoms with van der Waals surface area (Å²) in [4.78, 5) is 28.5. The fourth-order valence-electron chi connectivity index (χ4n) is 3.72. The van der Waals surface area contributed by atoms with Crippen molar-refractivity contribution in [3.8, 4) is 5.75 Å². The van der Waals surface area contributed by atoms with Gasteiger partial charge in [-0.05, 0) is 79.7 Å². The van der Waals surface area contributed by atoms with Crippen molar-refractivity contribution >= 4 is 34.5 Å². The minimum atomic E-state index is -0.692. The molecule has 0 aliphatic carbocycles. The first-order valence-corrected chi connectivity index (χ1v) is 10.9. The molecule has 5 nitrogen and oxygen atoms in total. The lowest BCUT2D eigenvalue weighted by Crippen LogP contribution is -2.29. The van der Waals surface area contributed by atoms with Crippen molar-refractivity contribution in [2.45, 2.75) is 26.8 Å². The molecule has 6 heteroatoms. The second-order valence-electron chi connectivity index (χ2n) is 7.41. The van der Waals surface area contributed by atoms with E-state index >= 15 is 0 Å². The average molecular weight is 434 g/mol. The molecule has 1 aliphatic heterocycles. The Bertz CT molecular complexity index is 1160. The summed E-state index contributed by atoms with van der Waals surface area (Å²) in [6, 6.07) is 15.6. The van der Waals surface area contributed by atoms with Crippen LogP contribution in [0.15, 0.2) is 65.6 Å². The van der Waals surface area contributed by atoms with Crippen LogP contribution in [-0.4, -0.2) is 23.4 Å². The van der Waals surface area contributed by atoms with Gasteiger partial charge in [0, 0.05) is 16.1 Å². The van der Waals surface area contributed by atoms with Crippen molar-refractivity contribution < 1.29 is 19.4 Å². The van der Waals surface area contributed by atoms with Crippen LogP contribution in [0, 0.1) is 13.8 Å². The number of carbonyl (C=O) groups excluding carboxylic acids is 2. The van der Waals surface area contributed by atoms with Crippen LogP contribution in [0.1, 0.15) is 34.5 Å². The van der Waals surface area contributed by atoms with Crippen LogP contribution >= 0.6 is 11.3 Å². The first kappa shape index (κ1) is 20.9. The maximum absolute atomic E-state index is 13.1. The highest BCUT2D eigenvalue weighted by atomic mass is 32.1. The number of aliphatic hydroxyl groups is 1. The summed E-state index contributed by atoms with van der Waals surface area (Å²) < 4.78 is 5.45. The highest BCUT2D eigenvalue weighted by Crippen LogP contribution is 2.43. The minimum absolute atomic E-state index is 0.0924. The molecule has 1 amide bonds. The zero-order valence-corrected chi connectivity index (χ0v) is 18.4. The normalized spacial score (nSPS) is 17.9. The van der Waals surface area contributed by atoms with E-state index in [4.69, 9.17) is 4.74 Å². The number of rotatable bonds is 5. The monoisotopic (exact) mass is 433 g/mol. The number of anilines is 1. The molecule has 1 saturated heterocycles. The summed E-state index contributed by atoms with van der Waals surface area (Å²) in [6.45, 7) is 6.39. The number of hydrogen-bond acceptors (Lipinski definition) is 5. The summed E-state index contributed by atoms with van der Waals surface area (Å²) in [7, 11) is 0. The van der Waals surface area contributed by atoms with E-state index in [1.807, 2.05) is 56.5 Å². The zero-order valence-electron chi connectivity index (χ0n) is 17.6. The van der Waals surface area contributed by atoms with Gasteiger partial charge in [0.1, 0.15) is 17.6 Å². The molecule has 2 aromatic carbocycles. The molecule has 3 aromatic rings. The topological polar surface area (TPSA) is 66.8 Å². The maximum Gasteiger partial charge on any atom is 0.300 e. The van der Waals surface area contributed by atoms with Crippen molar-refractivity contribution in [2.24, 2.45) is 0 Å². The van der Waals surface area contributed by atoms with E-state index in [0.29, 0.717) is 23.6 Å². The molecule has 158 valence electrons. The van der Waals surface area contributed by atoms with Crippen LogP contribution in [0.5, 0.6) is 5.75 Å². The van der Waals surface area contributed by atoms with E-state index in [1.54, 1.807) is 24.3 Å². The number of Topliss-reactive ketones (excluding diaryl/α,β-unsaturated/α-hetero) is 1. The van der Waals surface area contributed by atoms with Gasteiger partial charge in [-0.3, -0.25) is 14.5 Å². The lowest BCUT2D eigenvalue weighted by molar-refractivity contribution is -0.132. The van der Waals surface area contributed by atoms with Crippen LogP contribution in [-0.2, 0) is 9.59 Å². The van der Waals surface area contributed by atoms with Crippen molar-refractivity contribution in [1.82, 2.24) is 0 Å². The fraction of sp³-hybridized carbons (Fsp3) is 0.200. The fourth-order valence-corrected chi connectivity index (χ4v) is 4.55. The Hall–Kier alpha value is -3.38. The third-order valence-electron chi connectivity index (χ3n) is 5.46. The van der Waals surface area contributed by atoms with Gasteiger partial charge >= 0.3 is 0 Å². The molecular formula is C25H23NO4S. The van der Waals surface area contributed by atoms with E-state index in [2.05, 4.69) is 0 Å². The number of aliphatic hydroxyl groups excluding tert-OH is 1. The van der Waals surface area contributed by atoms with Gasteiger partial charge in [0.15, 0.2) is 0 Å². The third kappa shape index (κ3) is 3.75. The van der Waals surface area contributed by atoms with Gasteiger partial charge in [-0.2, -0.15) is 0 Å². The summed E-state index contributed by atoms with van der Waals surface area (Å²) in [5.74, 6) is -0.854. The second kappa shape index (κ2) is 8.40. The largest absolute Gasteiger partial charge is 0.507 e. The van der Waals surface area contributed by atoms with Gasteiger partial charge in [0.05, 0.1) is 12.2 Å². The molecular weight excluding hydrogens is 410 g/mol. The maximum atomic E-state index is 13.1. The molecule has 0 radical (unpaired) electrons. The lowest BCUT2D eigenvalue weighted by atomic mass is 9.99. The smallest absolute Gasteiger partial charge is 0.300 e. The van der Waals surface area contributed by atoms with E-state index in [9.17, 15) is 14.7 Å². The predicted molar refractivity (Wildman–Crippen MR) is 123 cm³/mol. The van der Waals surface area contributed by atoms with Crippen LogP contribution in [0.25, 0.3) is 5.76 Å². The second-order valence-corrected chi connectivity index (χ2v) is 8.39. The molecule has 1 aromatic heterocycles. The molecule has 1 unspecified atom stereocenters. The molecule has 1 aliphatic rings. The van der Waals surface area contributed by atoms with E-state index in [0.717, 1.165) is 16.0 Å². The Morgan fingerprint density at radius 3 is 2.42 bits per heavy atom. The van der Waals surface area contributed by atoms with Gasteiger partial charge in [-0.1, -0.05) is 12.1 Å². The van der Waals surface area contributed by atoms with Gasteiger partial charge in [-0.15, -0.1) is 11.3 Å². The predicted octanol–water partition coefficient (Wildman–Crippen LogP) is 5.39. The first-order chi connectivity index (χ1) is 14.9. The van der Waals surface area contributed by atoms with Gasteiger partial charge in [0.25, 0.3) is 11.7 Å². The number of hydrogen-bond donors (Lipinski definition) is 1. The minimum Gasteiger partial charge on any atom is -0.507 e. The third-order valence-corrected chi connectivity index (χ3v) is 6.39. The highest BCUT2D eigenvalue weighted by molar-refractivity contribution is 7.10. The number of carbonyl (C=O) groups is 2. The van der Waals surface area contributed by atoms with Crippen molar-refractivity contribution in [3.05, 3.63) is 87.1 Å². The molecule has 31 heavy (non-hydrogen) atoms. The van der Waals surface area contributed by atoms with E-state index in [1.165, 1.54) is 16.2 Å². The lowest BCUT2D eigenvalue weighted by Gasteiger charge is -2.24. The van der Waals surface area contributed by atoms with Crippen molar-refractivity contribution in [1.29, 1.82) is 0 Å². The van der Waals surface area contributed by atoms with Crippen LogP contribution < -0.4 is 9.64 Å². The Kier molecular flexibility index (Phi) is 5.65. The number of benzene rings is 2. The number of nitrogens with zero attached hydrogens (tertiary/aromatic N) is 1. The Morgan fingerprint density at radius 2 is 1.81 bits per heavy atom. The molecule has 0 saturated carbocycles. The van der Waals surface area contributed by atoms with E-state index in [-0.39, 0.29) is 11.3 Å². The standard InChI is InChI=1S/C25H23NO4S/c1-4-30-19-11-8-17(9-12-19)23(27)21-22(20-6-5-13-31-20)26(25(29)24(21)28)18-10-7-15(2)16(3)14-18/h5-14,22,27H,4H2,1-3H3/b23-21-. The average Bonchev–Trinajstić information content (AvgIpc) is 3.38. The molecule has 1 atom stereocenters. The SMILES string of the molecule is CCOc1ccc(/C(O)=C2/C(=O)C(=O)N(c3ccc(C)c(C)c3)C2c2cccs2)cc1. The Balaban J connectivity index is 1.86. The highest BCUT2D eigenvalue weighted by Gasteiger charge is 2.47. The summed E-state index contributed by atoms with van der Waals surface area (Å²) in [5.41, 5.74) is 3.31. The zero-order chi connectivity index (χ0) is 22.1. The Morgan fingerprint density at radius 1 is 1.06 bits per heavy atom.